The molecule has 0 bridgehead atoms. The van der Waals surface area contributed by atoms with Crippen molar-refractivity contribution in [2.75, 3.05) is 7.05 Å². The van der Waals surface area contributed by atoms with Crippen LogP contribution in [0.2, 0.25) is 0 Å². The van der Waals surface area contributed by atoms with Crippen molar-refractivity contribution < 1.29 is 9.90 Å². The Bertz CT molecular complexity index is 693. The predicted molar refractivity (Wildman–Crippen MR) is 74.1 cm³/mol. The van der Waals surface area contributed by atoms with E-state index in [9.17, 15) is 9.90 Å². The van der Waals surface area contributed by atoms with Crippen molar-refractivity contribution in [3.05, 3.63) is 53.9 Å². The number of phenols is 1. The molecule has 1 aromatic carbocycles. The van der Waals surface area contributed by atoms with Crippen molar-refractivity contribution in [3.63, 3.8) is 0 Å². The largest absolute Gasteiger partial charge is 0.508 e. The van der Waals surface area contributed by atoms with E-state index in [1.807, 2.05) is 0 Å². The molecule has 1 aliphatic rings. The quantitative estimate of drug-likeness (QED) is 0.751. The van der Waals surface area contributed by atoms with Gasteiger partial charge in [0.25, 0.3) is 5.91 Å². The van der Waals surface area contributed by atoms with Crippen molar-refractivity contribution in [3.8, 4) is 5.75 Å². The molecule has 4 N–H and O–H groups in total. The molecule has 1 atom stereocenters. The number of nitrogens with zero attached hydrogens (tertiary/aromatic N) is 2. The van der Waals surface area contributed by atoms with Crippen LogP contribution in [0.25, 0.3) is 0 Å². The van der Waals surface area contributed by atoms with E-state index < -0.39 is 5.54 Å². The third-order valence-corrected chi connectivity index (χ3v) is 3.52. The monoisotopic (exact) mass is 270 g/mol. The van der Waals surface area contributed by atoms with Gasteiger partial charge in [-0.1, -0.05) is 12.1 Å². The SMILES string of the molecule is CN1C(=O)C(c2cc[nH]c2)(c2cccc(O)c2)N=C1N. The summed E-state index contributed by atoms with van der Waals surface area (Å²) in [5.74, 6) is -0.0201. The molecule has 1 amide bonds. The molecule has 0 saturated carbocycles. The standard InChI is InChI=1S/C14H14N4O2/c1-18-12(20)14(17-13(18)15,10-5-6-16-8-10)9-3-2-4-11(19)7-9/h2-8,16,19H,1H3,(H2,15,17). The summed E-state index contributed by atoms with van der Waals surface area (Å²) in [7, 11) is 1.58. The minimum Gasteiger partial charge on any atom is -0.508 e. The van der Waals surface area contributed by atoms with Gasteiger partial charge < -0.3 is 15.8 Å². The van der Waals surface area contributed by atoms with Gasteiger partial charge >= 0.3 is 0 Å². The van der Waals surface area contributed by atoms with Gasteiger partial charge in [-0.3, -0.25) is 9.69 Å². The number of likely N-dealkylation sites (N-methyl/N-ethyl adjacent to an activating group) is 1. The first-order chi connectivity index (χ1) is 9.55. The third kappa shape index (κ3) is 1.51. The second-order valence-corrected chi connectivity index (χ2v) is 4.69. The molecule has 0 fully saturated rings. The van der Waals surface area contributed by atoms with Crippen LogP contribution in [0.4, 0.5) is 0 Å². The number of guanidine groups is 1. The summed E-state index contributed by atoms with van der Waals surface area (Å²) in [5, 5.41) is 9.69. The highest BCUT2D eigenvalue weighted by Crippen LogP contribution is 2.39. The minimum absolute atomic E-state index is 0.0773. The number of hydrogen-bond acceptors (Lipinski definition) is 4. The number of aromatic amines is 1. The van der Waals surface area contributed by atoms with E-state index in [2.05, 4.69) is 9.98 Å². The fourth-order valence-corrected chi connectivity index (χ4v) is 2.46. The number of carbonyl (C=O) groups excluding carboxylic acids is 1. The topological polar surface area (TPSA) is 94.7 Å². The number of aromatic hydroxyl groups is 1. The lowest BCUT2D eigenvalue weighted by Gasteiger charge is -2.24. The molecule has 2 heterocycles. The average Bonchev–Trinajstić information content (AvgIpc) is 3.03. The first kappa shape index (κ1) is 12.3. The number of rotatable bonds is 2. The number of hydrogen-bond donors (Lipinski definition) is 3. The molecule has 6 heteroatoms. The zero-order chi connectivity index (χ0) is 14.3. The Labute approximate surface area is 115 Å². The fourth-order valence-electron chi connectivity index (χ4n) is 2.46. The number of benzene rings is 1. The highest BCUT2D eigenvalue weighted by atomic mass is 16.3. The Balaban J connectivity index is 2.28. The second-order valence-electron chi connectivity index (χ2n) is 4.69. The summed E-state index contributed by atoms with van der Waals surface area (Å²) in [6.45, 7) is 0. The van der Waals surface area contributed by atoms with Crippen LogP contribution >= 0.6 is 0 Å². The Morgan fingerprint density at radius 3 is 2.70 bits per heavy atom. The van der Waals surface area contributed by atoms with Crippen LogP contribution in [0.3, 0.4) is 0 Å². The number of phenolic OH excluding ortho intramolecular Hbond substituents is 1. The van der Waals surface area contributed by atoms with E-state index in [4.69, 9.17) is 5.73 Å². The van der Waals surface area contributed by atoms with Crippen LogP contribution in [-0.2, 0) is 10.3 Å². The summed E-state index contributed by atoms with van der Waals surface area (Å²) >= 11 is 0. The van der Waals surface area contributed by atoms with Gasteiger partial charge in [-0.25, -0.2) is 4.99 Å². The molecular weight excluding hydrogens is 256 g/mol. The van der Waals surface area contributed by atoms with E-state index in [-0.39, 0.29) is 17.6 Å². The first-order valence-electron chi connectivity index (χ1n) is 6.12. The van der Waals surface area contributed by atoms with Crippen LogP contribution in [0.1, 0.15) is 11.1 Å². The maximum absolute atomic E-state index is 12.7. The van der Waals surface area contributed by atoms with Gasteiger partial charge in [0, 0.05) is 25.0 Å². The van der Waals surface area contributed by atoms with E-state index in [1.54, 1.807) is 43.7 Å². The van der Waals surface area contributed by atoms with Gasteiger partial charge in [-0.2, -0.15) is 0 Å². The van der Waals surface area contributed by atoms with Gasteiger partial charge in [0.15, 0.2) is 11.5 Å². The maximum atomic E-state index is 12.7. The van der Waals surface area contributed by atoms with Crippen LogP contribution < -0.4 is 5.73 Å². The smallest absolute Gasteiger partial charge is 0.266 e. The summed E-state index contributed by atoms with van der Waals surface area (Å²) in [5.41, 5.74) is 5.83. The number of aliphatic imine (C=N–C) groups is 1. The van der Waals surface area contributed by atoms with Gasteiger partial charge in [-0.05, 0) is 23.8 Å². The molecule has 1 aromatic heterocycles. The molecule has 20 heavy (non-hydrogen) atoms. The molecule has 0 aliphatic carbocycles. The zero-order valence-electron chi connectivity index (χ0n) is 10.9. The summed E-state index contributed by atoms with van der Waals surface area (Å²) in [4.78, 5) is 21.3. The maximum Gasteiger partial charge on any atom is 0.266 e. The van der Waals surface area contributed by atoms with Gasteiger partial charge in [0.05, 0.1) is 0 Å². The van der Waals surface area contributed by atoms with E-state index in [0.717, 1.165) is 0 Å². The Hall–Kier alpha value is -2.76. The molecule has 1 unspecified atom stereocenters. The summed E-state index contributed by atoms with van der Waals surface area (Å²) in [6, 6.07) is 8.28. The number of aromatic nitrogens is 1. The average molecular weight is 270 g/mol. The number of carbonyl (C=O) groups is 1. The normalized spacial score (nSPS) is 22.1. The van der Waals surface area contributed by atoms with Crippen molar-refractivity contribution in [1.29, 1.82) is 0 Å². The van der Waals surface area contributed by atoms with Crippen molar-refractivity contribution in [2.24, 2.45) is 10.7 Å². The van der Waals surface area contributed by atoms with E-state index in [1.165, 1.54) is 11.0 Å². The van der Waals surface area contributed by atoms with Crippen LogP contribution in [0.15, 0.2) is 47.7 Å². The van der Waals surface area contributed by atoms with Crippen molar-refractivity contribution in [1.82, 2.24) is 9.88 Å². The van der Waals surface area contributed by atoms with Crippen LogP contribution in [0.5, 0.6) is 5.75 Å². The molecule has 102 valence electrons. The molecule has 2 aromatic rings. The van der Waals surface area contributed by atoms with Crippen molar-refractivity contribution >= 4 is 11.9 Å². The van der Waals surface area contributed by atoms with E-state index in [0.29, 0.717) is 11.1 Å². The Morgan fingerprint density at radius 2 is 2.15 bits per heavy atom. The summed E-state index contributed by atoms with van der Waals surface area (Å²) < 4.78 is 0. The zero-order valence-corrected chi connectivity index (χ0v) is 10.9. The van der Waals surface area contributed by atoms with Crippen LogP contribution in [-0.4, -0.2) is 33.9 Å². The Morgan fingerprint density at radius 1 is 1.35 bits per heavy atom. The van der Waals surface area contributed by atoms with E-state index >= 15 is 0 Å². The lowest BCUT2D eigenvalue weighted by molar-refractivity contribution is -0.129. The lowest BCUT2D eigenvalue weighted by atomic mass is 9.84. The molecule has 0 saturated heterocycles. The highest BCUT2D eigenvalue weighted by molar-refractivity contribution is 6.08. The molecule has 6 nitrogen and oxygen atoms in total. The third-order valence-electron chi connectivity index (χ3n) is 3.52. The van der Waals surface area contributed by atoms with Crippen LogP contribution in [0, 0.1) is 0 Å². The summed E-state index contributed by atoms with van der Waals surface area (Å²) in [6.07, 6.45) is 3.43. The second kappa shape index (κ2) is 4.12. The molecule has 0 radical (unpaired) electrons. The van der Waals surface area contributed by atoms with Gasteiger partial charge in [-0.15, -0.1) is 0 Å². The fraction of sp³-hybridized carbons (Fsp3) is 0.143. The molecular formula is C14H14N4O2. The number of amides is 1. The lowest BCUT2D eigenvalue weighted by Crippen LogP contribution is -2.40. The Kier molecular flexibility index (Phi) is 2.53. The number of H-pyrrole nitrogens is 1. The molecule has 3 rings (SSSR count). The highest BCUT2D eigenvalue weighted by Gasteiger charge is 2.49. The number of nitrogens with two attached hydrogens (primary N) is 1. The molecule has 1 aliphatic heterocycles. The number of nitrogens with one attached hydrogen (secondary N) is 1. The molecule has 0 spiro atoms. The first-order valence-corrected chi connectivity index (χ1v) is 6.12. The van der Waals surface area contributed by atoms with Gasteiger partial charge in [0.2, 0.25) is 0 Å². The minimum atomic E-state index is -1.24. The van der Waals surface area contributed by atoms with Crippen molar-refractivity contribution in [2.45, 2.75) is 5.54 Å². The predicted octanol–water partition coefficient (Wildman–Crippen LogP) is 0.751. The van der Waals surface area contributed by atoms with Gasteiger partial charge in [0.1, 0.15) is 5.75 Å².